The van der Waals surface area contributed by atoms with E-state index in [1.165, 1.54) is 11.1 Å². The molecular weight excluding hydrogens is 284 g/mol. The van der Waals surface area contributed by atoms with Crippen molar-refractivity contribution in [3.05, 3.63) is 59.8 Å². The third-order valence-electron chi connectivity index (χ3n) is 5.17. The molecule has 0 amide bonds. The van der Waals surface area contributed by atoms with Crippen LogP contribution in [0.5, 0.6) is 0 Å². The van der Waals surface area contributed by atoms with E-state index in [0.29, 0.717) is 12.1 Å². The van der Waals surface area contributed by atoms with Gasteiger partial charge in [0, 0.05) is 37.4 Å². The molecule has 0 bridgehead atoms. The topological polar surface area (TPSA) is 54.2 Å². The van der Waals surface area contributed by atoms with Crippen molar-refractivity contribution in [2.75, 3.05) is 18.0 Å². The summed E-state index contributed by atoms with van der Waals surface area (Å²) in [6, 6.07) is 15.9. The van der Waals surface area contributed by atoms with Gasteiger partial charge in [-0.2, -0.15) is 0 Å². The summed E-state index contributed by atoms with van der Waals surface area (Å²) in [4.78, 5) is 6.84. The third-order valence-corrected chi connectivity index (χ3v) is 5.17. The van der Waals surface area contributed by atoms with Gasteiger partial charge in [0.1, 0.15) is 5.82 Å². The Balaban J connectivity index is 1.37. The summed E-state index contributed by atoms with van der Waals surface area (Å²) in [5.74, 6) is 1.10. The molecule has 2 unspecified atom stereocenters. The maximum Gasteiger partial charge on any atom is 0.128 e. The maximum atomic E-state index is 6.28. The van der Waals surface area contributed by atoms with Gasteiger partial charge in [0.15, 0.2) is 0 Å². The highest BCUT2D eigenvalue weighted by atomic mass is 15.2. The zero-order valence-electron chi connectivity index (χ0n) is 13.4. The number of hydrogen-bond donors (Lipinski definition) is 2. The summed E-state index contributed by atoms with van der Waals surface area (Å²) in [5.41, 5.74) is 8.99. The lowest BCUT2D eigenvalue weighted by Crippen LogP contribution is -2.43. The number of rotatable bonds is 3. The molecule has 1 fully saturated rings. The molecule has 0 radical (unpaired) electrons. The van der Waals surface area contributed by atoms with E-state index >= 15 is 0 Å². The number of pyridine rings is 1. The van der Waals surface area contributed by atoms with Crippen molar-refractivity contribution in [2.24, 2.45) is 5.73 Å². The normalized spacial score (nSPS) is 24.7. The molecule has 1 aliphatic carbocycles. The summed E-state index contributed by atoms with van der Waals surface area (Å²) < 4.78 is 0. The summed E-state index contributed by atoms with van der Waals surface area (Å²) in [6.07, 6.45) is 5.20. The quantitative estimate of drug-likeness (QED) is 0.915. The molecule has 1 aromatic carbocycles. The summed E-state index contributed by atoms with van der Waals surface area (Å²) in [7, 11) is 0. The van der Waals surface area contributed by atoms with Gasteiger partial charge in [-0.25, -0.2) is 4.98 Å². The lowest BCUT2D eigenvalue weighted by molar-refractivity contribution is 0.360. The number of piperidine rings is 1. The average molecular weight is 308 g/mol. The Morgan fingerprint density at radius 3 is 2.48 bits per heavy atom. The van der Waals surface area contributed by atoms with E-state index in [0.717, 1.165) is 38.2 Å². The number of benzene rings is 1. The van der Waals surface area contributed by atoms with Crippen molar-refractivity contribution in [1.82, 2.24) is 10.3 Å². The second kappa shape index (κ2) is 6.30. The Morgan fingerprint density at radius 2 is 1.74 bits per heavy atom. The lowest BCUT2D eigenvalue weighted by atomic mass is 10.0. The van der Waals surface area contributed by atoms with Gasteiger partial charge < -0.3 is 16.0 Å². The molecule has 4 rings (SSSR count). The van der Waals surface area contributed by atoms with Crippen molar-refractivity contribution in [3.8, 4) is 0 Å². The smallest absolute Gasteiger partial charge is 0.128 e. The molecule has 0 saturated carbocycles. The van der Waals surface area contributed by atoms with Crippen LogP contribution in [0.1, 0.15) is 42.5 Å². The van der Waals surface area contributed by atoms with Gasteiger partial charge in [-0.1, -0.05) is 30.3 Å². The first-order valence-corrected chi connectivity index (χ1v) is 8.57. The van der Waals surface area contributed by atoms with Crippen LogP contribution in [0.4, 0.5) is 5.82 Å². The van der Waals surface area contributed by atoms with Crippen LogP contribution in [0.15, 0.2) is 48.7 Å². The van der Waals surface area contributed by atoms with Crippen LogP contribution < -0.4 is 16.0 Å². The fraction of sp³-hybridized carbons (Fsp3) is 0.421. The molecule has 1 aromatic heterocycles. The second-order valence-electron chi connectivity index (χ2n) is 6.64. The van der Waals surface area contributed by atoms with Crippen molar-refractivity contribution in [1.29, 1.82) is 0 Å². The molecule has 4 nitrogen and oxygen atoms in total. The second-order valence-corrected chi connectivity index (χ2v) is 6.64. The summed E-state index contributed by atoms with van der Waals surface area (Å²) in [6.45, 7) is 2.13. The third kappa shape index (κ3) is 2.96. The van der Waals surface area contributed by atoms with Crippen LogP contribution in [-0.2, 0) is 0 Å². The zero-order valence-corrected chi connectivity index (χ0v) is 13.4. The number of hydrogen-bond acceptors (Lipinski definition) is 4. The van der Waals surface area contributed by atoms with Crippen LogP contribution in [0, 0.1) is 0 Å². The van der Waals surface area contributed by atoms with Gasteiger partial charge in [0.05, 0.1) is 0 Å². The molecule has 120 valence electrons. The van der Waals surface area contributed by atoms with Gasteiger partial charge in [-0.3, -0.25) is 0 Å². The van der Waals surface area contributed by atoms with Crippen LogP contribution in [0.2, 0.25) is 0 Å². The SMILES string of the molecule is NC1CC(NC2CCN(c3ccccn3)CC2)c2ccccc21. The Kier molecular flexibility index (Phi) is 4.02. The van der Waals surface area contributed by atoms with Gasteiger partial charge in [-0.15, -0.1) is 0 Å². The highest BCUT2D eigenvalue weighted by Crippen LogP contribution is 2.37. The molecular formula is C19H24N4. The predicted molar refractivity (Wildman–Crippen MR) is 93.3 cm³/mol. The van der Waals surface area contributed by atoms with Gasteiger partial charge in [0.25, 0.3) is 0 Å². The first kappa shape index (κ1) is 14.7. The monoisotopic (exact) mass is 308 g/mol. The molecule has 2 atom stereocenters. The molecule has 2 aliphatic rings. The van der Waals surface area contributed by atoms with Crippen molar-refractivity contribution < 1.29 is 0 Å². The highest BCUT2D eigenvalue weighted by molar-refractivity contribution is 5.39. The summed E-state index contributed by atoms with van der Waals surface area (Å²) in [5, 5.41) is 3.85. The number of nitrogens with two attached hydrogens (primary N) is 1. The molecule has 23 heavy (non-hydrogen) atoms. The number of nitrogens with zero attached hydrogens (tertiary/aromatic N) is 2. The molecule has 3 N–H and O–H groups in total. The summed E-state index contributed by atoms with van der Waals surface area (Å²) >= 11 is 0. The Labute approximate surface area is 137 Å². The van der Waals surface area contributed by atoms with Gasteiger partial charge in [-0.05, 0) is 42.5 Å². The molecule has 1 saturated heterocycles. The van der Waals surface area contributed by atoms with E-state index in [9.17, 15) is 0 Å². The molecule has 2 aromatic rings. The maximum absolute atomic E-state index is 6.28. The number of fused-ring (bicyclic) bond motifs is 1. The highest BCUT2D eigenvalue weighted by Gasteiger charge is 2.30. The molecule has 2 heterocycles. The fourth-order valence-corrected chi connectivity index (χ4v) is 3.93. The largest absolute Gasteiger partial charge is 0.357 e. The van der Waals surface area contributed by atoms with Gasteiger partial charge >= 0.3 is 0 Å². The minimum Gasteiger partial charge on any atom is -0.357 e. The number of aromatic nitrogens is 1. The van der Waals surface area contributed by atoms with E-state index in [2.05, 4.69) is 51.6 Å². The lowest BCUT2D eigenvalue weighted by Gasteiger charge is -2.34. The van der Waals surface area contributed by atoms with E-state index in [1.54, 1.807) is 0 Å². The first-order valence-electron chi connectivity index (χ1n) is 8.57. The van der Waals surface area contributed by atoms with Crippen LogP contribution in [0.25, 0.3) is 0 Å². The first-order chi connectivity index (χ1) is 11.3. The standard InChI is InChI=1S/C19H24N4/c20-17-13-18(16-6-2-1-5-15(16)17)22-14-8-11-23(12-9-14)19-7-3-4-10-21-19/h1-7,10,14,17-18,22H,8-9,11-13,20H2. The van der Waals surface area contributed by atoms with Crippen molar-refractivity contribution in [2.45, 2.75) is 37.4 Å². The van der Waals surface area contributed by atoms with E-state index in [-0.39, 0.29) is 6.04 Å². The molecule has 1 aliphatic heterocycles. The fourth-order valence-electron chi connectivity index (χ4n) is 3.93. The van der Waals surface area contributed by atoms with Crippen LogP contribution >= 0.6 is 0 Å². The van der Waals surface area contributed by atoms with Crippen LogP contribution in [-0.4, -0.2) is 24.1 Å². The van der Waals surface area contributed by atoms with Crippen molar-refractivity contribution in [3.63, 3.8) is 0 Å². The van der Waals surface area contributed by atoms with Gasteiger partial charge in [0.2, 0.25) is 0 Å². The Morgan fingerprint density at radius 1 is 1.00 bits per heavy atom. The van der Waals surface area contributed by atoms with Crippen LogP contribution in [0.3, 0.4) is 0 Å². The molecule has 4 heteroatoms. The number of nitrogens with one attached hydrogen (secondary N) is 1. The zero-order chi connectivity index (χ0) is 15.6. The average Bonchev–Trinajstić information content (AvgIpc) is 2.93. The Bertz CT molecular complexity index is 649. The predicted octanol–water partition coefficient (Wildman–Crippen LogP) is 2.78. The minimum atomic E-state index is 0.178. The molecule has 0 spiro atoms. The van der Waals surface area contributed by atoms with E-state index in [4.69, 9.17) is 5.73 Å². The Hall–Kier alpha value is -1.91. The minimum absolute atomic E-state index is 0.178. The van der Waals surface area contributed by atoms with Crippen molar-refractivity contribution >= 4 is 5.82 Å². The number of anilines is 1. The van der Waals surface area contributed by atoms with E-state index < -0.39 is 0 Å². The van der Waals surface area contributed by atoms with E-state index in [1.807, 2.05) is 12.3 Å².